The first-order valence-electron chi connectivity index (χ1n) is 2.53. The van der Waals surface area contributed by atoms with Gasteiger partial charge in [0.2, 0.25) is 0 Å². The maximum absolute atomic E-state index is 9.70. The van der Waals surface area contributed by atoms with Gasteiger partial charge in [0, 0.05) is 0 Å². The van der Waals surface area contributed by atoms with Gasteiger partial charge in [-0.2, -0.15) is 0 Å². The SMILES string of the molecule is CC[C@@H](O)[C@H](O)C=O. The van der Waals surface area contributed by atoms with Crippen molar-refractivity contribution in [3.63, 3.8) is 0 Å². The summed E-state index contributed by atoms with van der Waals surface area (Å²) in [5.74, 6) is 0. The number of carbonyl (C=O) groups excluding carboxylic acids is 1. The Bertz CT molecular complexity index is 72.1. The summed E-state index contributed by atoms with van der Waals surface area (Å²) in [6.45, 7) is 1.69. The second-order valence-electron chi connectivity index (χ2n) is 1.60. The van der Waals surface area contributed by atoms with Crippen LogP contribution in [0.5, 0.6) is 0 Å². The van der Waals surface area contributed by atoms with Gasteiger partial charge in [-0.1, -0.05) is 6.92 Å². The van der Waals surface area contributed by atoms with Gasteiger partial charge in [0.25, 0.3) is 0 Å². The highest BCUT2D eigenvalue weighted by molar-refractivity contribution is 5.56. The topological polar surface area (TPSA) is 57.5 Å². The van der Waals surface area contributed by atoms with Gasteiger partial charge in [0.15, 0.2) is 6.29 Å². The van der Waals surface area contributed by atoms with Crippen molar-refractivity contribution >= 4 is 6.29 Å². The monoisotopic (exact) mass is 118 g/mol. The molecule has 2 atom stereocenters. The molecule has 0 bridgehead atoms. The average Bonchev–Trinajstić information content (AvgIpc) is 1.84. The molecule has 0 spiro atoms. The lowest BCUT2D eigenvalue weighted by atomic mass is 10.2. The standard InChI is InChI=1S/C5H10O3/c1-2-4(7)5(8)3-6/h3-5,7-8H,2H2,1H3/t4-,5-/m1/s1. The summed E-state index contributed by atoms with van der Waals surface area (Å²) in [7, 11) is 0. The van der Waals surface area contributed by atoms with Crippen LogP contribution < -0.4 is 0 Å². The molecule has 0 radical (unpaired) electrons. The highest BCUT2D eigenvalue weighted by Crippen LogP contribution is 1.93. The smallest absolute Gasteiger partial charge is 0.151 e. The minimum atomic E-state index is -1.21. The predicted octanol–water partition coefficient (Wildman–Crippen LogP) is -0.683. The lowest BCUT2D eigenvalue weighted by Gasteiger charge is -2.07. The molecule has 0 fully saturated rings. The van der Waals surface area contributed by atoms with E-state index in [1.54, 1.807) is 6.92 Å². The van der Waals surface area contributed by atoms with Gasteiger partial charge in [-0.25, -0.2) is 0 Å². The Balaban J connectivity index is 3.44. The highest BCUT2D eigenvalue weighted by atomic mass is 16.3. The van der Waals surface area contributed by atoms with E-state index < -0.39 is 12.2 Å². The fourth-order valence-electron chi connectivity index (χ4n) is 0.332. The number of hydrogen-bond donors (Lipinski definition) is 2. The van der Waals surface area contributed by atoms with Crippen molar-refractivity contribution in [2.75, 3.05) is 0 Å². The molecule has 3 heteroatoms. The summed E-state index contributed by atoms with van der Waals surface area (Å²) in [5, 5.41) is 17.2. The highest BCUT2D eigenvalue weighted by Gasteiger charge is 2.10. The average molecular weight is 118 g/mol. The van der Waals surface area contributed by atoms with Crippen molar-refractivity contribution in [1.29, 1.82) is 0 Å². The van der Waals surface area contributed by atoms with E-state index in [1.807, 2.05) is 0 Å². The number of hydrogen-bond acceptors (Lipinski definition) is 3. The Morgan fingerprint density at radius 3 is 2.25 bits per heavy atom. The Labute approximate surface area is 47.9 Å². The van der Waals surface area contributed by atoms with E-state index in [1.165, 1.54) is 0 Å². The van der Waals surface area contributed by atoms with Crippen LogP contribution in [-0.2, 0) is 4.79 Å². The molecule has 0 aromatic carbocycles. The summed E-state index contributed by atoms with van der Waals surface area (Å²) >= 11 is 0. The van der Waals surface area contributed by atoms with Crippen LogP contribution in [0.2, 0.25) is 0 Å². The summed E-state index contributed by atoms with van der Waals surface area (Å²) in [6, 6.07) is 0. The second kappa shape index (κ2) is 3.57. The lowest BCUT2D eigenvalue weighted by Crippen LogP contribution is -2.25. The molecule has 3 nitrogen and oxygen atoms in total. The molecular formula is C5H10O3. The van der Waals surface area contributed by atoms with Crippen LogP contribution in [0.25, 0.3) is 0 Å². The van der Waals surface area contributed by atoms with Crippen molar-refractivity contribution in [3.8, 4) is 0 Å². The van der Waals surface area contributed by atoms with E-state index >= 15 is 0 Å². The van der Waals surface area contributed by atoms with E-state index in [0.717, 1.165) is 0 Å². The van der Waals surface area contributed by atoms with Crippen molar-refractivity contribution in [2.45, 2.75) is 25.6 Å². The van der Waals surface area contributed by atoms with Gasteiger partial charge in [-0.15, -0.1) is 0 Å². The largest absolute Gasteiger partial charge is 0.390 e. The van der Waals surface area contributed by atoms with Crippen LogP contribution in [0.3, 0.4) is 0 Å². The molecule has 0 amide bonds. The summed E-state index contributed by atoms with van der Waals surface area (Å²) in [4.78, 5) is 9.70. The molecular weight excluding hydrogens is 108 g/mol. The molecule has 0 saturated carbocycles. The fraction of sp³-hybridized carbons (Fsp3) is 0.800. The van der Waals surface area contributed by atoms with Gasteiger partial charge in [-0.05, 0) is 6.42 Å². The van der Waals surface area contributed by atoms with Gasteiger partial charge in [0.05, 0.1) is 6.10 Å². The summed E-state index contributed by atoms with van der Waals surface area (Å²) in [6.07, 6.45) is -1.37. The normalized spacial score (nSPS) is 17.4. The number of aliphatic hydroxyl groups is 2. The van der Waals surface area contributed by atoms with Gasteiger partial charge in [-0.3, -0.25) is 0 Å². The molecule has 0 aromatic rings. The maximum atomic E-state index is 9.70. The molecule has 0 aliphatic carbocycles. The Kier molecular flexibility index (Phi) is 3.39. The zero-order valence-corrected chi connectivity index (χ0v) is 4.74. The fourth-order valence-corrected chi connectivity index (χ4v) is 0.332. The summed E-state index contributed by atoms with van der Waals surface area (Å²) < 4.78 is 0. The van der Waals surface area contributed by atoms with Crippen LogP contribution in [-0.4, -0.2) is 28.7 Å². The number of carbonyl (C=O) groups is 1. The van der Waals surface area contributed by atoms with Gasteiger partial charge < -0.3 is 15.0 Å². The number of rotatable bonds is 3. The van der Waals surface area contributed by atoms with Crippen LogP contribution in [0.15, 0.2) is 0 Å². The Morgan fingerprint density at radius 1 is 1.62 bits per heavy atom. The molecule has 0 rings (SSSR count). The molecule has 8 heavy (non-hydrogen) atoms. The number of aldehydes is 1. The molecule has 2 N–H and O–H groups in total. The molecule has 0 unspecified atom stereocenters. The quantitative estimate of drug-likeness (QED) is 0.482. The predicted molar refractivity (Wildman–Crippen MR) is 28.4 cm³/mol. The van der Waals surface area contributed by atoms with E-state index in [4.69, 9.17) is 10.2 Å². The minimum Gasteiger partial charge on any atom is -0.390 e. The molecule has 48 valence electrons. The second-order valence-corrected chi connectivity index (χ2v) is 1.60. The van der Waals surface area contributed by atoms with Crippen molar-refractivity contribution in [3.05, 3.63) is 0 Å². The van der Waals surface area contributed by atoms with Crippen LogP contribution in [0.1, 0.15) is 13.3 Å². The van der Waals surface area contributed by atoms with Gasteiger partial charge in [0.1, 0.15) is 6.10 Å². The van der Waals surface area contributed by atoms with Crippen molar-refractivity contribution in [2.24, 2.45) is 0 Å². The maximum Gasteiger partial charge on any atom is 0.151 e. The lowest BCUT2D eigenvalue weighted by molar-refractivity contribution is -0.120. The third-order valence-electron chi connectivity index (χ3n) is 0.952. The minimum absolute atomic E-state index is 0.328. The zero-order valence-electron chi connectivity index (χ0n) is 4.74. The first-order valence-corrected chi connectivity index (χ1v) is 2.53. The molecule has 0 saturated heterocycles. The van der Waals surface area contributed by atoms with Crippen LogP contribution in [0, 0.1) is 0 Å². The van der Waals surface area contributed by atoms with Crippen molar-refractivity contribution < 1.29 is 15.0 Å². The third-order valence-corrected chi connectivity index (χ3v) is 0.952. The first kappa shape index (κ1) is 7.59. The van der Waals surface area contributed by atoms with E-state index in [-0.39, 0.29) is 0 Å². The van der Waals surface area contributed by atoms with E-state index in [2.05, 4.69) is 0 Å². The van der Waals surface area contributed by atoms with Crippen LogP contribution in [0.4, 0.5) is 0 Å². The molecule has 0 heterocycles. The van der Waals surface area contributed by atoms with Crippen molar-refractivity contribution in [1.82, 2.24) is 0 Å². The first-order chi connectivity index (χ1) is 3.72. The number of aliphatic hydroxyl groups excluding tert-OH is 2. The Morgan fingerprint density at radius 2 is 2.12 bits per heavy atom. The van der Waals surface area contributed by atoms with Crippen LogP contribution >= 0.6 is 0 Å². The third kappa shape index (κ3) is 2.04. The molecule has 0 aliphatic rings. The Hall–Kier alpha value is -0.410. The van der Waals surface area contributed by atoms with E-state index in [0.29, 0.717) is 12.7 Å². The van der Waals surface area contributed by atoms with E-state index in [9.17, 15) is 4.79 Å². The van der Waals surface area contributed by atoms with Gasteiger partial charge >= 0.3 is 0 Å². The molecule has 0 aliphatic heterocycles. The zero-order chi connectivity index (χ0) is 6.57. The summed E-state index contributed by atoms with van der Waals surface area (Å²) in [5.41, 5.74) is 0. The molecule has 0 aromatic heterocycles.